The highest BCUT2D eigenvalue weighted by atomic mass is 32.2. The number of hydrogen-bond acceptors (Lipinski definition) is 4. The number of amides is 3. The van der Waals surface area contributed by atoms with Crippen molar-refractivity contribution in [1.82, 2.24) is 0 Å². The topological polar surface area (TPSA) is 66.5 Å². The maximum absolute atomic E-state index is 13.0. The molecule has 5 nitrogen and oxygen atoms in total. The van der Waals surface area contributed by atoms with Crippen molar-refractivity contribution in [2.45, 2.75) is 36.3 Å². The van der Waals surface area contributed by atoms with E-state index in [4.69, 9.17) is 0 Å². The van der Waals surface area contributed by atoms with Gasteiger partial charge >= 0.3 is 0 Å². The van der Waals surface area contributed by atoms with Gasteiger partial charge in [-0.1, -0.05) is 56.3 Å². The Morgan fingerprint density at radius 3 is 2.29 bits per heavy atom. The van der Waals surface area contributed by atoms with Crippen LogP contribution in [0.15, 0.2) is 89.8 Å². The van der Waals surface area contributed by atoms with E-state index in [1.54, 1.807) is 18.2 Å². The zero-order valence-corrected chi connectivity index (χ0v) is 19.9. The average Bonchev–Trinajstić information content (AvgIpc) is 3.12. The Bertz CT molecular complexity index is 1200. The summed E-state index contributed by atoms with van der Waals surface area (Å²) >= 11 is 1.37. The van der Waals surface area contributed by atoms with Crippen LogP contribution in [0.1, 0.15) is 37.3 Å². The Hall–Kier alpha value is -3.64. The van der Waals surface area contributed by atoms with Gasteiger partial charge in [-0.15, -0.1) is 11.8 Å². The summed E-state index contributed by atoms with van der Waals surface area (Å²) in [6, 6.07) is 24.5. The number of hydrogen-bond donors (Lipinski definition) is 1. The summed E-state index contributed by atoms with van der Waals surface area (Å²) in [5, 5.41) is 2.36. The third-order valence-corrected chi connectivity index (χ3v) is 6.75. The zero-order valence-electron chi connectivity index (χ0n) is 19.1. The minimum Gasteiger partial charge on any atom is -0.323 e. The lowest BCUT2D eigenvalue weighted by molar-refractivity contribution is -0.121. The molecule has 3 amide bonds. The summed E-state index contributed by atoms with van der Waals surface area (Å²) in [4.78, 5) is 39.9. The molecule has 3 aromatic rings. The first-order valence-corrected chi connectivity index (χ1v) is 12.1. The van der Waals surface area contributed by atoms with Gasteiger partial charge in [0.2, 0.25) is 17.7 Å². The molecule has 0 aromatic heterocycles. The number of nitrogens with zero attached hydrogens (tertiary/aromatic N) is 1. The van der Waals surface area contributed by atoms with E-state index in [2.05, 4.69) is 19.2 Å². The van der Waals surface area contributed by atoms with Crippen LogP contribution in [0.3, 0.4) is 0 Å². The third kappa shape index (κ3) is 5.64. The van der Waals surface area contributed by atoms with Crippen LogP contribution in [-0.4, -0.2) is 23.0 Å². The van der Waals surface area contributed by atoms with Crippen molar-refractivity contribution in [2.75, 3.05) is 10.2 Å². The Morgan fingerprint density at radius 1 is 0.971 bits per heavy atom. The van der Waals surface area contributed by atoms with Crippen molar-refractivity contribution in [3.63, 3.8) is 0 Å². The normalized spacial score (nSPS) is 16.0. The SMILES string of the molecule is CC(C)c1ccc(N2C(=O)CC(Sc3ccc(NC(=O)/C=C/c4ccccc4)cc3)C2=O)cc1. The standard InChI is InChI=1S/C28H26N2O3S/c1-19(2)21-9-13-23(14-10-21)30-27(32)18-25(28(30)33)34-24-15-11-22(12-16-24)29-26(31)17-8-20-6-4-3-5-7-20/h3-17,19,25H,18H2,1-2H3,(H,29,31)/b17-8+. The van der Waals surface area contributed by atoms with Crippen molar-refractivity contribution in [1.29, 1.82) is 0 Å². The van der Waals surface area contributed by atoms with Gasteiger partial charge in [0.15, 0.2) is 0 Å². The summed E-state index contributed by atoms with van der Waals surface area (Å²) in [5.41, 5.74) is 3.39. The molecular formula is C28H26N2O3S. The number of benzene rings is 3. The van der Waals surface area contributed by atoms with E-state index in [1.165, 1.54) is 22.7 Å². The second-order valence-electron chi connectivity index (χ2n) is 8.38. The maximum Gasteiger partial charge on any atom is 0.248 e. The Morgan fingerprint density at radius 2 is 1.65 bits per heavy atom. The molecule has 1 N–H and O–H groups in total. The van der Waals surface area contributed by atoms with Gasteiger partial charge in [0, 0.05) is 23.1 Å². The first kappa shape index (κ1) is 23.5. The summed E-state index contributed by atoms with van der Waals surface area (Å²) in [6.07, 6.45) is 3.41. The van der Waals surface area contributed by atoms with Crippen LogP contribution in [0.5, 0.6) is 0 Å². The number of imide groups is 1. The van der Waals surface area contributed by atoms with Gasteiger partial charge in [0.25, 0.3) is 0 Å². The molecule has 172 valence electrons. The van der Waals surface area contributed by atoms with Crippen LogP contribution < -0.4 is 10.2 Å². The average molecular weight is 471 g/mol. The molecule has 0 bridgehead atoms. The summed E-state index contributed by atoms with van der Waals surface area (Å²) in [5.74, 6) is -0.223. The lowest BCUT2D eigenvalue weighted by Gasteiger charge is -2.16. The number of rotatable bonds is 7. The van der Waals surface area contributed by atoms with Crippen LogP contribution in [0.4, 0.5) is 11.4 Å². The lowest BCUT2D eigenvalue weighted by Crippen LogP contribution is -2.31. The van der Waals surface area contributed by atoms with Crippen LogP contribution in [0.25, 0.3) is 6.08 Å². The van der Waals surface area contributed by atoms with E-state index in [0.29, 0.717) is 17.3 Å². The highest BCUT2D eigenvalue weighted by Crippen LogP contribution is 2.34. The summed E-state index contributed by atoms with van der Waals surface area (Å²) in [7, 11) is 0. The van der Waals surface area contributed by atoms with Crippen molar-refractivity contribution in [2.24, 2.45) is 0 Å². The minimum atomic E-state index is -0.466. The molecule has 1 saturated heterocycles. The first-order valence-electron chi connectivity index (χ1n) is 11.2. The number of nitrogens with one attached hydrogen (secondary N) is 1. The largest absolute Gasteiger partial charge is 0.323 e. The molecule has 4 rings (SSSR count). The minimum absolute atomic E-state index is 0.165. The number of thioether (sulfide) groups is 1. The highest BCUT2D eigenvalue weighted by molar-refractivity contribution is 8.00. The second kappa shape index (κ2) is 10.5. The second-order valence-corrected chi connectivity index (χ2v) is 9.66. The molecule has 1 aliphatic rings. The van der Waals surface area contributed by atoms with Gasteiger partial charge in [0.1, 0.15) is 0 Å². The number of anilines is 2. The molecular weight excluding hydrogens is 444 g/mol. The molecule has 1 heterocycles. The van der Waals surface area contributed by atoms with Crippen LogP contribution in [0.2, 0.25) is 0 Å². The molecule has 1 aliphatic heterocycles. The van der Waals surface area contributed by atoms with E-state index in [1.807, 2.05) is 66.7 Å². The van der Waals surface area contributed by atoms with Crippen LogP contribution in [-0.2, 0) is 14.4 Å². The van der Waals surface area contributed by atoms with Crippen molar-refractivity contribution < 1.29 is 14.4 Å². The summed E-state index contributed by atoms with van der Waals surface area (Å²) < 4.78 is 0. The van der Waals surface area contributed by atoms with E-state index >= 15 is 0 Å². The molecule has 6 heteroatoms. The molecule has 1 fully saturated rings. The fraction of sp³-hybridized carbons (Fsp3) is 0.179. The zero-order chi connectivity index (χ0) is 24.1. The molecule has 34 heavy (non-hydrogen) atoms. The summed E-state index contributed by atoms with van der Waals surface area (Å²) in [6.45, 7) is 4.21. The Labute approximate surface area is 203 Å². The predicted molar refractivity (Wildman–Crippen MR) is 138 cm³/mol. The highest BCUT2D eigenvalue weighted by Gasteiger charge is 2.40. The van der Waals surface area contributed by atoms with Gasteiger partial charge in [-0.25, -0.2) is 4.90 Å². The fourth-order valence-corrected chi connectivity index (χ4v) is 4.73. The van der Waals surface area contributed by atoms with Crippen molar-refractivity contribution in [3.05, 3.63) is 96.1 Å². The molecule has 1 atom stereocenters. The predicted octanol–water partition coefficient (Wildman–Crippen LogP) is 5.89. The fourth-order valence-electron chi connectivity index (χ4n) is 3.68. The van der Waals surface area contributed by atoms with E-state index in [0.717, 1.165) is 16.0 Å². The molecule has 0 aliphatic carbocycles. The van der Waals surface area contributed by atoms with E-state index in [-0.39, 0.29) is 24.1 Å². The van der Waals surface area contributed by atoms with Gasteiger partial charge in [0.05, 0.1) is 10.9 Å². The van der Waals surface area contributed by atoms with Gasteiger partial charge in [-0.3, -0.25) is 14.4 Å². The third-order valence-electron chi connectivity index (χ3n) is 5.55. The van der Waals surface area contributed by atoms with E-state index in [9.17, 15) is 14.4 Å². The molecule has 0 radical (unpaired) electrons. The Balaban J connectivity index is 1.36. The Kier molecular flexibility index (Phi) is 7.28. The monoisotopic (exact) mass is 470 g/mol. The maximum atomic E-state index is 13.0. The number of carbonyl (C=O) groups excluding carboxylic acids is 3. The molecule has 3 aromatic carbocycles. The first-order chi connectivity index (χ1) is 16.4. The van der Waals surface area contributed by atoms with Gasteiger partial charge in [-0.05, 0) is 59.5 Å². The van der Waals surface area contributed by atoms with Gasteiger partial charge < -0.3 is 5.32 Å². The molecule has 0 spiro atoms. The van der Waals surface area contributed by atoms with Crippen molar-refractivity contribution in [3.8, 4) is 0 Å². The quantitative estimate of drug-likeness (QED) is 0.346. The van der Waals surface area contributed by atoms with Crippen LogP contribution in [0, 0.1) is 0 Å². The van der Waals surface area contributed by atoms with Crippen LogP contribution >= 0.6 is 11.8 Å². The van der Waals surface area contributed by atoms with Gasteiger partial charge in [-0.2, -0.15) is 0 Å². The number of carbonyl (C=O) groups is 3. The molecule has 0 saturated carbocycles. The van der Waals surface area contributed by atoms with E-state index < -0.39 is 5.25 Å². The lowest BCUT2D eigenvalue weighted by atomic mass is 10.0. The smallest absolute Gasteiger partial charge is 0.248 e. The van der Waals surface area contributed by atoms with Crippen molar-refractivity contribution >= 4 is 46.9 Å². The molecule has 1 unspecified atom stereocenters.